The highest BCUT2D eigenvalue weighted by Crippen LogP contribution is 2.22. The van der Waals surface area contributed by atoms with Crippen LogP contribution in [0.5, 0.6) is 0 Å². The molecule has 56 valence electrons. The van der Waals surface area contributed by atoms with Gasteiger partial charge in [0.2, 0.25) is 0 Å². The molecule has 0 N–H and O–H groups in total. The number of rotatable bonds is 2. The van der Waals surface area contributed by atoms with Crippen LogP contribution in [-0.2, 0) is 9.05 Å². The molecular formula is C2H2Cl4O2S. The van der Waals surface area contributed by atoms with E-state index in [0.29, 0.717) is 0 Å². The van der Waals surface area contributed by atoms with Crippen LogP contribution in [0.1, 0.15) is 0 Å². The molecule has 0 aliphatic carbocycles. The molecule has 1 unspecified atom stereocenters. The molecule has 0 aromatic rings. The average molecular weight is 232 g/mol. The summed E-state index contributed by atoms with van der Waals surface area (Å²) in [4.78, 5) is -1.20. The van der Waals surface area contributed by atoms with E-state index in [0.717, 1.165) is 0 Å². The molecule has 0 radical (unpaired) electrons. The van der Waals surface area contributed by atoms with E-state index >= 15 is 0 Å². The molecule has 0 rings (SSSR count). The Hall–Kier alpha value is 1.11. The van der Waals surface area contributed by atoms with E-state index in [1.54, 1.807) is 0 Å². The molecule has 0 aromatic carbocycles. The van der Waals surface area contributed by atoms with Crippen LogP contribution >= 0.6 is 45.5 Å². The highest BCUT2D eigenvalue weighted by molar-refractivity contribution is 8.15. The fraction of sp³-hybridized carbons (Fsp3) is 1.00. The Morgan fingerprint density at radius 3 is 1.44 bits per heavy atom. The van der Waals surface area contributed by atoms with E-state index in [9.17, 15) is 8.42 Å². The Morgan fingerprint density at radius 1 is 1.11 bits per heavy atom. The van der Waals surface area contributed by atoms with Gasteiger partial charge in [0, 0.05) is 10.7 Å². The normalized spacial score (nSPS) is 16.1. The molecule has 0 saturated heterocycles. The molecule has 0 bridgehead atoms. The highest BCUT2D eigenvalue weighted by atomic mass is 35.7. The van der Waals surface area contributed by atoms with Crippen LogP contribution in [-0.4, -0.2) is 18.0 Å². The first-order chi connectivity index (χ1) is 3.85. The first-order valence-corrected chi connectivity index (χ1v) is 5.39. The first-order valence-electron chi connectivity index (χ1n) is 1.71. The zero-order valence-corrected chi connectivity index (χ0v) is 7.73. The second-order valence-electron chi connectivity index (χ2n) is 1.16. The Bertz CT molecular complexity index is 173. The van der Waals surface area contributed by atoms with E-state index < -0.39 is 18.6 Å². The molecule has 7 heteroatoms. The number of halogens is 4. The van der Waals surface area contributed by atoms with Gasteiger partial charge in [-0.1, -0.05) is 0 Å². The SMILES string of the molecule is O=S(=O)(Cl)C(Cl)C(Cl)Cl. The van der Waals surface area contributed by atoms with E-state index in [4.69, 9.17) is 45.5 Å². The summed E-state index contributed by atoms with van der Waals surface area (Å²) in [5, 5.41) is 0. The molecule has 0 aromatic heterocycles. The third-order valence-electron chi connectivity index (χ3n) is 0.467. The van der Waals surface area contributed by atoms with E-state index in [1.165, 1.54) is 0 Å². The first kappa shape index (κ1) is 10.1. The number of hydrogen-bond donors (Lipinski definition) is 0. The van der Waals surface area contributed by atoms with Gasteiger partial charge in [0.15, 0.2) is 4.71 Å². The maximum atomic E-state index is 10.2. The van der Waals surface area contributed by atoms with Crippen LogP contribution in [0.15, 0.2) is 0 Å². The lowest BCUT2D eigenvalue weighted by molar-refractivity contribution is 0.607. The van der Waals surface area contributed by atoms with Crippen molar-refractivity contribution in [2.75, 3.05) is 0 Å². The Kier molecular flexibility index (Phi) is 3.92. The third-order valence-corrected chi connectivity index (χ3v) is 4.14. The van der Waals surface area contributed by atoms with Gasteiger partial charge in [-0.3, -0.25) is 0 Å². The summed E-state index contributed by atoms with van der Waals surface area (Å²) in [7, 11) is 0.922. The van der Waals surface area contributed by atoms with Gasteiger partial charge in [-0.2, -0.15) is 0 Å². The summed E-state index contributed by atoms with van der Waals surface area (Å²) >= 11 is 15.3. The van der Waals surface area contributed by atoms with Crippen molar-refractivity contribution >= 4 is 54.5 Å². The van der Waals surface area contributed by atoms with Crippen LogP contribution in [0.2, 0.25) is 0 Å². The average Bonchev–Trinajstić information content (AvgIpc) is 1.62. The minimum absolute atomic E-state index is 1.20. The van der Waals surface area contributed by atoms with Gasteiger partial charge < -0.3 is 0 Å². The van der Waals surface area contributed by atoms with Crippen molar-refractivity contribution in [1.29, 1.82) is 0 Å². The van der Waals surface area contributed by atoms with Gasteiger partial charge in [-0.05, 0) is 0 Å². The minimum Gasteiger partial charge on any atom is -0.211 e. The maximum absolute atomic E-state index is 10.2. The zero-order valence-electron chi connectivity index (χ0n) is 3.89. The molecule has 9 heavy (non-hydrogen) atoms. The van der Waals surface area contributed by atoms with E-state index in [2.05, 4.69) is 0 Å². The van der Waals surface area contributed by atoms with Gasteiger partial charge in [0.25, 0.3) is 9.05 Å². The molecule has 0 aliphatic heterocycles. The topological polar surface area (TPSA) is 34.1 Å². The summed E-state index contributed by atoms with van der Waals surface area (Å²) in [6.45, 7) is 0. The monoisotopic (exact) mass is 230 g/mol. The number of alkyl halides is 3. The maximum Gasteiger partial charge on any atom is 0.252 e. The smallest absolute Gasteiger partial charge is 0.211 e. The molecule has 0 fully saturated rings. The summed E-state index contributed by atoms with van der Waals surface area (Å²) in [6.07, 6.45) is 0. The molecule has 0 aliphatic rings. The van der Waals surface area contributed by atoms with Crippen molar-refractivity contribution in [2.24, 2.45) is 0 Å². The molecule has 0 saturated carbocycles. The lowest BCUT2D eigenvalue weighted by Gasteiger charge is -2.03. The van der Waals surface area contributed by atoms with Crippen LogP contribution in [0.3, 0.4) is 0 Å². The molecule has 2 nitrogen and oxygen atoms in total. The summed E-state index contributed by atoms with van der Waals surface area (Å²) in [5.41, 5.74) is 0. The van der Waals surface area contributed by atoms with Crippen molar-refractivity contribution < 1.29 is 8.42 Å². The van der Waals surface area contributed by atoms with Crippen LogP contribution in [0, 0.1) is 0 Å². The fourth-order valence-electron chi connectivity index (χ4n) is 0.123. The van der Waals surface area contributed by atoms with Crippen molar-refractivity contribution in [3.8, 4) is 0 Å². The number of hydrogen-bond acceptors (Lipinski definition) is 2. The predicted molar refractivity (Wildman–Crippen MR) is 39.9 cm³/mol. The van der Waals surface area contributed by atoms with Gasteiger partial charge in [0.05, 0.1) is 0 Å². The van der Waals surface area contributed by atoms with Gasteiger partial charge in [-0.15, -0.1) is 34.8 Å². The van der Waals surface area contributed by atoms with Gasteiger partial charge >= 0.3 is 0 Å². The second kappa shape index (κ2) is 3.49. The predicted octanol–water partition coefficient (Wildman–Crippen LogP) is 1.92. The quantitative estimate of drug-likeness (QED) is 0.538. The molecule has 0 spiro atoms. The van der Waals surface area contributed by atoms with Crippen LogP contribution < -0.4 is 0 Å². The highest BCUT2D eigenvalue weighted by Gasteiger charge is 2.26. The van der Waals surface area contributed by atoms with Crippen LogP contribution in [0.25, 0.3) is 0 Å². The lowest BCUT2D eigenvalue weighted by Crippen LogP contribution is -2.15. The molecule has 0 heterocycles. The second-order valence-corrected chi connectivity index (χ2v) is 5.80. The van der Waals surface area contributed by atoms with Crippen molar-refractivity contribution in [2.45, 2.75) is 9.55 Å². The van der Waals surface area contributed by atoms with E-state index in [1.807, 2.05) is 0 Å². The Labute approximate surface area is 72.4 Å². The van der Waals surface area contributed by atoms with Gasteiger partial charge in [0.1, 0.15) is 4.84 Å². The van der Waals surface area contributed by atoms with Crippen molar-refractivity contribution in [3.63, 3.8) is 0 Å². The van der Waals surface area contributed by atoms with Crippen LogP contribution in [0.4, 0.5) is 0 Å². The third kappa shape index (κ3) is 3.73. The molecular weight excluding hydrogens is 230 g/mol. The zero-order chi connectivity index (χ0) is 7.65. The Morgan fingerprint density at radius 2 is 1.44 bits per heavy atom. The van der Waals surface area contributed by atoms with E-state index in [-0.39, 0.29) is 0 Å². The Balaban J connectivity index is 4.24. The fourth-order valence-corrected chi connectivity index (χ4v) is 1.81. The molecule has 1 atom stereocenters. The largest absolute Gasteiger partial charge is 0.252 e. The standard InChI is InChI=1S/C2H2Cl4O2S/c3-1(4)2(5)9(6,7)8/h1-2H. The van der Waals surface area contributed by atoms with Crippen molar-refractivity contribution in [1.82, 2.24) is 0 Å². The van der Waals surface area contributed by atoms with Gasteiger partial charge in [-0.25, -0.2) is 8.42 Å². The summed E-state index contributed by atoms with van der Waals surface area (Å²) < 4.78 is 19.0. The summed E-state index contributed by atoms with van der Waals surface area (Å²) in [5.74, 6) is 0. The molecule has 0 amide bonds. The minimum atomic E-state index is -3.83. The lowest BCUT2D eigenvalue weighted by atomic mass is 10.9. The van der Waals surface area contributed by atoms with Crippen molar-refractivity contribution in [3.05, 3.63) is 0 Å². The summed E-state index contributed by atoms with van der Waals surface area (Å²) in [6, 6.07) is 0.